The number of alkyl carbamates (subject to hydrolysis) is 1. The molecule has 0 radical (unpaired) electrons. The summed E-state index contributed by atoms with van der Waals surface area (Å²) in [7, 11) is 0. The lowest BCUT2D eigenvalue weighted by Gasteiger charge is -2.20. The van der Waals surface area contributed by atoms with E-state index in [4.69, 9.17) is 9.47 Å². The number of pyridine rings is 1. The van der Waals surface area contributed by atoms with Crippen LogP contribution in [0.3, 0.4) is 0 Å². The number of carbonyl (C=O) groups excluding carboxylic acids is 1. The molecule has 1 N–H and O–H groups in total. The summed E-state index contributed by atoms with van der Waals surface area (Å²) in [5, 5.41) is 7.02. The Balaban J connectivity index is 1.89. The minimum atomic E-state index is -0.600. The highest BCUT2D eigenvalue weighted by Gasteiger charge is 2.16. The first-order valence-corrected chi connectivity index (χ1v) is 9.17. The van der Waals surface area contributed by atoms with Gasteiger partial charge in [0, 0.05) is 24.4 Å². The van der Waals surface area contributed by atoms with Gasteiger partial charge in [-0.3, -0.25) is 0 Å². The Morgan fingerprint density at radius 1 is 1.37 bits per heavy atom. The predicted octanol–water partition coefficient (Wildman–Crippen LogP) is 4.43. The maximum absolute atomic E-state index is 13.1. The third-order valence-corrected chi connectivity index (χ3v) is 3.71. The maximum atomic E-state index is 13.1. The smallest absolute Gasteiger partial charge is 0.407 e. The lowest BCUT2D eigenvalue weighted by molar-refractivity contribution is 0.0531. The third kappa shape index (κ3) is 6.92. The van der Waals surface area contributed by atoms with Crippen LogP contribution in [0.5, 0.6) is 5.75 Å². The Morgan fingerprint density at radius 2 is 2.15 bits per heavy atom. The molecule has 148 valence electrons. The van der Waals surface area contributed by atoms with Crippen LogP contribution in [-0.4, -0.2) is 34.5 Å². The van der Waals surface area contributed by atoms with Crippen LogP contribution in [-0.2, 0) is 11.2 Å². The molecule has 0 aliphatic heterocycles. The fourth-order valence-electron chi connectivity index (χ4n) is 2.39. The second kappa shape index (κ2) is 9.39. The van der Waals surface area contributed by atoms with Crippen LogP contribution in [0.15, 0.2) is 36.3 Å². The summed E-state index contributed by atoms with van der Waals surface area (Å²) in [5.74, 6) is 0.612. The summed E-state index contributed by atoms with van der Waals surface area (Å²) in [6.07, 6.45) is 4.83. The molecule has 0 bridgehead atoms. The van der Waals surface area contributed by atoms with E-state index in [2.05, 4.69) is 17.3 Å². The van der Waals surface area contributed by atoms with Crippen molar-refractivity contribution < 1.29 is 18.7 Å². The first-order chi connectivity index (χ1) is 12.8. The molecule has 7 heteroatoms. The largest absolute Gasteiger partial charge is 0.489 e. The molecular weight excluding hydrogens is 349 g/mol. The zero-order chi connectivity index (χ0) is 19.9. The van der Waals surface area contributed by atoms with Crippen molar-refractivity contribution >= 4 is 11.6 Å². The molecule has 2 aromatic heterocycles. The molecule has 2 heterocycles. The number of unbranched alkanes of at least 4 members (excludes halogenated alkanes) is 1. The van der Waals surface area contributed by atoms with Gasteiger partial charge in [-0.05, 0) is 45.7 Å². The number of aromatic nitrogens is 2. The number of ether oxygens (including phenoxy) is 2. The summed E-state index contributed by atoms with van der Waals surface area (Å²) in [4.78, 5) is 11.6. The average Bonchev–Trinajstić information content (AvgIpc) is 3.00. The van der Waals surface area contributed by atoms with Crippen LogP contribution < -0.4 is 10.1 Å². The monoisotopic (exact) mass is 377 g/mol. The van der Waals surface area contributed by atoms with Gasteiger partial charge in [0.05, 0.1) is 17.5 Å². The fraction of sp³-hybridized carbons (Fsp3) is 0.500. The highest BCUT2D eigenvalue weighted by atomic mass is 19.1. The van der Waals surface area contributed by atoms with E-state index in [1.165, 1.54) is 0 Å². The van der Waals surface area contributed by atoms with Crippen molar-refractivity contribution in [1.82, 2.24) is 14.9 Å². The molecule has 0 saturated carbocycles. The van der Waals surface area contributed by atoms with Gasteiger partial charge in [-0.25, -0.2) is 13.7 Å². The number of carbonyl (C=O) groups is 1. The number of hydrogen-bond acceptors (Lipinski definition) is 4. The first kappa shape index (κ1) is 20.7. The summed E-state index contributed by atoms with van der Waals surface area (Å²) >= 11 is 0. The van der Waals surface area contributed by atoms with Gasteiger partial charge >= 0.3 is 6.09 Å². The molecule has 2 rings (SSSR count). The van der Waals surface area contributed by atoms with E-state index < -0.39 is 11.7 Å². The van der Waals surface area contributed by atoms with E-state index >= 15 is 0 Å². The van der Waals surface area contributed by atoms with Gasteiger partial charge < -0.3 is 14.8 Å². The Morgan fingerprint density at radius 3 is 2.81 bits per heavy atom. The van der Waals surface area contributed by atoms with E-state index in [0.29, 0.717) is 17.7 Å². The number of rotatable bonds is 8. The second-order valence-electron chi connectivity index (χ2n) is 7.38. The van der Waals surface area contributed by atoms with E-state index in [9.17, 15) is 9.18 Å². The van der Waals surface area contributed by atoms with Gasteiger partial charge in [0.2, 0.25) is 0 Å². The second-order valence-corrected chi connectivity index (χ2v) is 7.38. The Kier molecular flexibility index (Phi) is 7.21. The quantitative estimate of drug-likeness (QED) is 0.739. The molecule has 0 fully saturated rings. The van der Waals surface area contributed by atoms with E-state index in [-0.39, 0.29) is 13.2 Å². The molecule has 0 atom stereocenters. The topological polar surface area (TPSA) is 64.9 Å². The SMILES string of the molecule is CCCCc1cc2cc(OC/C(=C/F)CNC(=O)OC(C)(C)C)ccn2n1. The van der Waals surface area contributed by atoms with Crippen molar-refractivity contribution in [3.63, 3.8) is 0 Å². The van der Waals surface area contributed by atoms with E-state index in [1.807, 2.05) is 18.3 Å². The molecule has 6 nitrogen and oxygen atoms in total. The lowest BCUT2D eigenvalue weighted by atomic mass is 10.2. The molecule has 2 aromatic rings. The Labute approximate surface area is 159 Å². The number of nitrogens with one attached hydrogen (secondary N) is 1. The van der Waals surface area contributed by atoms with Crippen molar-refractivity contribution in [3.05, 3.63) is 42.0 Å². The van der Waals surface area contributed by atoms with Crippen LogP contribution in [0.1, 0.15) is 46.2 Å². The average molecular weight is 377 g/mol. The zero-order valence-corrected chi connectivity index (χ0v) is 16.4. The van der Waals surface area contributed by atoms with Crippen LogP contribution in [0.25, 0.3) is 5.52 Å². The maximum Gasteiger partial charge on any atom is 0.407 e. The number of halogens is 1. The number of amides is 1. The van der Waals surface area contributed by atoms with Crippen molar-refractivity contribution in [3.8, 4) is 5.75 Å². The van der Waals surface area contributed by atoms with Gasteiger partial charge in [-0.2, -0.15) is 5.10 Å². The van der Waals surface area contributed by atoms with Crippen LogP contribution in [0, 0.1) is 0 Å². The number of hydrogen-bond donors (Lipinski definition) is 1. The van der Waals surface area contributed by atoms with Gasteiger partial charge in [-0.1, -0.05) is 13.3 Å². The Bertz CT molecular complexity index is 793. The van der Waals surface area contributed by atoms with Crippen molar-refractivity contribution in [2.45, 2.75) is 52.6 Å². The van der Waals surface area contributed by atoms with E-state index in [1.54, 1.807) is 31.4 Å². The van der Waals surface area contributed by atoms with Crippen LogP contribution in [0.2, 0.25) is 0 Å². The van der Waals surface area contributed by atoms with Crippen LogP contribution >= 0.6 is 0 Å². The highest BCUT2D eigenvalue weighted by molar-refractivity contribution is 5.68. The molecule has 27 heavy (non-hydrogen) atoms. The number of nitrogens with zero attached hydrogens (tertiary/aromatic N) is 2. The Hall–Kier alpha value is -2.57. The first-order valence-electron chi connectivity index (χ1n) is 9.17. The van der Waals surface area contributed by atoms with Crippen LogP contribution in [0.4, 0.5) is 9.18 Å². The molecular formula is C20H28FN3O3. The van der Waals surface area contributed by atoms with Gasteiger partial charge in [0.1, 0.15) is 18.0 Å². The van der Waals surface area contributed by atoms with Crippen molar-refractivity contribution in [1.29, 1.82) is 0 Å². The molecule has 0 aliphatic carbocycles. The third-order valence-electron chi connectivity index (χ3n) is 3.71. The highest BCUT2D eigenvalue weighted by Crippen LogP contribution is 2.17. The zero-order valence-electron chi connectivity index (χ0n) is 16.4. The number of fused-ring (bicyclic) bond motifs is 1. The summed E-state index contributed by atoms with van der Waals surface area (Å²) in [6.45, 7) is 7.49. The van der Waals surface area contributed by atoms with Gasteiger partial charge in [-0.15, -0.1) is 0 Å². The molecule has 0 spiro atoms. The van der Waals surface area contributed by atoms with Gasteiger partial charge in [0.25, 0.3) is 0 Å². The summed E-state index contributed by atoms with van der Waals surface area (Å²) in [5.41, 5.74) is 1.67. The molecule has 0 saturated heterocycles. The summed E-state index contributed by atoms with van der Waals surface area (Å²) < 4.78 is 25.6. The number of aryl methyl sites for hydroxylation is 1. The summed E-state index contributed by atoms with van der Waals surface area (Å²) in [6, 6.07) is 5.67. The molecule has 0 aliphatic rings. The molecule has 0 aromatic carbocycles. The van der Waals surface area contributed by atoms with Crippen molar-refractivity contribution in [2.24, 2.45) is 0 Å². The van der Waals surface area contributed by atoms with Crippen molar-refractivity contribution in [2.75, 3.05) is 13.2 Å². The lowest BCUT2D eigenvalue weighted by Crippen LogP contribution is -2.34. The van der Waals surface area contributed by atoms with E-state index in [0.717, 1.165) is 30.5 Å². The minimum absolute atomic E-state index is 0.0154. The molecule has 0 unspecified atom stereocenters. The minimum Gasteiger partial charge on any atom is -0.489 e. The predicted molar refractivity (Wildman–Crippen MR) is 103 cm³/mol. The fourth-order valence-corrected chi connectivity index (χ4v) is 2.39. The van der Waals surface area contributed by atoms with Gasteiger partial charge in [0.15, 0.2) is 0 Å². The normalized spacial score (nSPS) is 12.3. The molecule has 1 amide bonds. The standard InChI is InChI=1S/C20H28FN3O3/c1-5-6-7-16-10-17-11-18(8-9-24(17)23-16)26-14-15(12-21)13-22-19(25)27-20(2,3)4/h8-12H,5-7,13-14H2,1-4H3,(H,22,25)/b15-12+.